The molecule has 0 heterocycles. The number of benzene rings is 3. The Morgan fingerprint density at radius 1 is 0.800 bits per heavy atom. The van der Waals surface area contributed by atoms with Gasteiger partial charge in [0.15, 0.2) is 5.78 Å². The molecule has 0 aromatic heterocycles. The van der Waals surface area contributed by atoms with Crippen LogP contribution < -0.4 is 0 Å². The Hall–Kier alpha value is -2.58. The summed E-state index contributed by atoms with van der Waals surface area (Å²) in [5, 5.41) is -0.260. The highest BCUT2D eigenvalue weighted by Gasteiger charge is 2.29. The Morgan fingerprint density at radius 3 is 1.88 bits per heavy atom. The molecular formula is C23H20OS. The van der Waals surface area contributed by atoms with Crippen molar-refractivity contribution in [1.82, 2.24) is 0 Å². The molecule has 3 aromatic rings. The number of Topliss-reactive ketones (excluding diaryl/α,β-unsaturated/α-hetero) is 1. The molecule has 0 bridgehead atoms. The molecule has 3 rings (SSSR count). The Morgan fingerprint density at radius 2 is 1.32 bits per heavy atom. The van der Waals surface area contributed by atoms with Gasteiger partial charge in [-0.1, -0.05) is 84.9 Å². The van der Waals surface area contributed by atoms with Crippen molar-refractivity contribution in [2.75, 3.05) is 0 Å². The van der Waals surface area contributed by atoms with Crippen LogP contribution in [0.2, 0.25) is 0 Å². The summed E-state index contributed by atoms with van der Waals surface area (Å²) in [4.78, 5) is 14.3. The fourth-order valence-corrected chi connectivity index (χ4v) is 4.08. The summed E-state index contributed by atoms with van der Waals surface area (Å²) >= 11 is 1.60. The van der Waals surface area contributed by atoms with Crippen LogP contribution in [0.4, 0.5) is 0 Å². The molecule has 0 fully saturated rings. The first-order valence-electron chi connectivity index (χ1n) is 8.28. The minimum atomic E-state index is -0.260. The van der Waals surface area contributed by atoms with Crippen LogP contribution in [0, 0.1) is 0 Å². The van der Waals surface area contributed by atoms with Crippen molar-refractivity contribution >= 4 is 17.5 Å². The number of allylic oxidation sites excluding steroid dienone is 1. The van der Waals surface area contributed by atoms with Crippen LogP contribution in [0.5, 0.6) is 0 Å². The molecule has 0 radical (unpaired) electrons. The van der Waals surface area contributed by atoms with Crippen LogP contribution in [0.1, 0.15) is 21.8 Å². The largest absolute Gasteiger partial charge is 0.293 e. The lowest BCUT2D eigenvalue weighted by Gasteiger charge is -2.24. The number of hydrogen-bond donors (Lipinski definition) is 0. The predicted molar refractivity (Wildman–Crippen MR) is 106 cm³/mol. The summed E-state index contributed by atoms with van der Waals surface area (Å²) in [5.41, 5.74) is 1.84. The molecular weight excluding hydrogens is 324 g/mol. The van der Waals surface area contributed by atoms with Gasteiger partial charge < -0.3 is 0 Å². The Balaban J connectivity index is 1.98. The first-order valence-corrected chi connectivity index (χ1v) is 9.16. The van der Waals surface area contributed by atoms with Crippen molar-refractivity contribution in [2.24, 2.45) is 0 Å². The molecule has 0 N–H and O–H groups in total. The average molecular weight is 344 g/mol. The summed E-state index contributed by atoms with van der Waals surface area (Å²) in [5.74, 6) is 0.0716. The van der Waals surface area contributed by atoms with Crippen molar-refractivity contribution in [3.63, 3.8) is 0 Å². The Bertz CT molecular complexity index is 812. The summed E-state index contributed by atoms with van der Waals surface area (Å²) in [6.45, 7) is 4.01. The second-order valence-corrected chi connectivity index (χ2v) is 6.97. The van der Waals surface area contributed by atoms with E-state index < -0.39 is 0 Å². The van der Waals surface area contributed by atoms with E-state index in [-0.39, 0.29) is 17.0 Å². The summed E-state index contributed by atoms with van der Waals surface area (Å²) in [6, 6.07) is 29.7. The molecule has 0 aliphatic carbocycles. The van der Waals surface area contributed by atoms with Gasteiger partial charge in [-0.2, -0.15) is 0 Å². The number of carbonyl (C=O) groups excluding carboxylic acids is 1. The van der Waals surface area contributed by atoms with Crippen molar-refractivity contribution in [3.8, 4) is 0 Å². The lowest BCUT2D eigenvalue weighted by atomic mass is 9.91. The Kier molecular flexibility index (Phi) is 5.86. The first-order chi connectivity index (χ1) is 12.3. The van der Waals surface area contributed by atoms with E-state index in [4.69, 9.17) is 0 Å². The molecule has 25 heavy (non-hydrogen) atoms. The van der Waals surface area contributed by atoms with Crippen LogP contribution >= 0.6 is 11.8 Å². The maximum atomic E-state index is 13.3. The highest BCUT2D eigenvalue weighted by atomic mass is 32.2. The number of ketones is 1. The minimum absolute atomic E-state index is 0.0564. The van der Waals surface area contributed by atoms with E-state index in [0.29, 0.717) is 0 Å². The topological polar surface area (TPSA) is 17.1 Å². The van der Waals surface area contributed by atoms with E-state index in [1.165, 1.54) is 0 Å². The molecule has 1 nitrogen and oxygen atoms in total. The number of carbonyl (C=O) groups is 1. The molecule has 0 amide bonds. The van der Waals surface area contributed by atoms with E-state index in [1.54, 1.807) is 11.8 Å². The lowest BCUT2D eigenvalue weighted by molar-refractivity contribution is 0.0985. The van der Waals surface area contributed by atoms with E-state index in [9.17, 15) is 4.79 Å². The zero-order valence-electron chi connectivity index (χ0n) is 13.9. The maximum absolute atomic E-state index is 13.3. The van der Waals surface area contributed by atoms with Crippen molar-refractivity contribution in [3.05, 3.63) is 115 Å². The average Bonchev–Trinajstić information content (AvgIpc) is 2.69. The normalized spacial score (nSPS) is 13.0. The number of hydrogen-bond acceptors (Lipinski definition) is 2. The molecule has 0 aliphatic rings. The zero-order valence-corrected chi connectivity index (χ0v) is 14.7. The molecule has 2 unspecified atom stereocenters. The highest BCUT2D eigenvalue weighted by Crippen LogP contribution is 2.36. The van der Waals surface area contributed by atoms with Crippen molar-refractivity contribution in [2.45, 2.75) is 16.1 Å². The third-order valence-corrected chi connectivity index (χ3v) is 5.39. The maximum Gasteiger partial charge on any atom is 0.177 e. The molecule has 2 atom stereocenters. The minimum Gasteiger partial charge on any atom is -0.293 e. The van der Waals surface area contributed by atoms with Gasteiger partial charge in [0.2, 0.25) is 0 Å². The third kappa shape index (κ3) is 4.28. The second-order valence-electron chi connectivity index (χ2n) is 5.75. The molecule has 3 aromatic carbocycles. The van der Waals surface area contributed by atoms with Gasteiger partial charge in [0.05, 0.1) is 5.25 Å². The smallest absolute Gasteiger partial charge is 0.177 e. The van der Waals surface area contributed by atoms with Crippen molar-refractivity contribution in [1.29, 1.82) is 0 Å². The van der Waals surface area contributed by atoms with Crippen LogP contribution in [0.3, 0.4) is 0 Å². The standard InChI is InChI=1S/C23H20OS/c1-2-21(18-12-6-3-7-13-18)23(25-20-16-10-5-11-17-20)22(24)19-14-8-4-9-15-19/h2-17,21,23H,1H2. The van der Waals surface area contributed by atoms with Gasteiger partial charge in [0.25, 0.3) is 0 Å². The predicted octanol–water partition coefficient (Wildman–Crippen LogP) is 6.00. The quantitative estimate of drug-likeness (QED) is 0.297. The van der Waals surface area contributed by atoms with Gasteiger partial charge in [-0.05, 0) is 17.7 Å². The van der Waals surface area contributed by atoms with E-state index in [1.807, 2.05) is 84.9 Å². The molecule has 124 valence electrons. The summed E-state index contributed by atoms with van der Waals surface area (Å²) < 4.78 is 0. The fourth-order valence-electron chi connectivity index (χ4n) is 2.81. The van der Waals surface area contributed by atoms with Crippen LogP contribution in [-0.2, 0) is 0 Å². The SMILES string of the molecule is C=CC(c1ccccc1)C(Sc1ccccc1)C(=O)c1ccccc1. The van der Waals surface area contributed by atoms with Gasteiger partial charge in [0.1, 0.15) is 0 Å². The van der Waals surface area contributed by atoms with Crippen LogP contribution in [0.25, 0.3) is 0 Å². The molecule has 0 saturated heterocycles. The molecule has 0 saturated carbocycles. The molecule has 0 aliphatic heterocycles. The number of rotatable bonds is 7. The highest BCUT2D eigenvalue weighted by molar-refractivity contribution is 8.00. The van der Waals surface area contributed by atoms with Gasteiger partial charge in [-0.25, -0.2) is 0 Å². The lowest BCUT2D eigenvalue weighted by Crippen LogP contribution is -2.24. The second kappa shape index (κ2) is 8.50. The summed E-state index contributed by atoms with van der Waals surface area (Å²) in [6.07, 6.45) is 1.89. The van der Waals surface area contributed by atoms with E-state index in [2.05, 4.69) is 18.7 Å². The van der Waals surface area contributed by atoms with Gasteiger partial charge in [-0.15, -0.1) is 18.3 Å². The number of thioether (sulfide) groups is 1. The van der Waals surface area contributed by atoms with Crippen molar-refractivity contribution < 1.29 is 4.79 Å². The zero-order chi connectivity index (χ0) is 17.5. The van der Waals surface area contributed by atoms with Gasteiger partial charge in [-0.3, -0.25) is 4.79 Å². The van der Waals surface area contributed by atoms with E-state index in [0.717, 1.165) is 16.0 Å². The van der Waals surface area contributed by atoms with Crippen LogP contribution in [0.15, 0.2) is 109 Å². The molecule has 0 spiro atoms. The first kappa shape index (κ1) is 17.2. The fraction of sp³-hybridized carbons (Fsp3) is 0.0870. The monoisotopic (exact) mass is 344 g/mol. The van der Waals surface area contributed by atoms with Crippen LogP contribution in [-0.4, -0.2) is 11.0 Å². The van der Waals surface area contributed by atoms with Gasteiger partial charge >= 0.3 is 0 Å². The summed E-state index contributed by atoms with van der Waals surface area (Å²) in [7, 11) is 0. The van der Waals surface area contributed by atoms with Gasteiger partial charge in [0, 0.05) is 16.4 Å². The Labute approximate surface area is 153 Å². The van der Waals surface area contributed by atoms with E-state index >= 15 is 0 Å². The molecule has 2 heteroatoms. The third-order valence-electron chi connectivity index (χ3n) is 4.09.